The van der Waals surface area contributed by atoms with Crippen molar-refractivity contribution >= 4 is 15.3 Å². The van der Waals surface area contributed by atoms with Gasteiger partial charge >= 0.3 is 12.1 Å². The minimum absolute atomic E-state index is 0.0126. The molecule has 0 rings (SSSR count). The molecule has 0 aromatic rings. The fourth-order valence-electron chi connectivity index (χ4n) is 0.558. The van der Waals surface area contributed by atoms with Gasteiger partial charge in [0.05, 0.1) is 6.61 Å². The molecule has 0 aliphatic heterocycles. The number of ether oxygens (including phenoxy) is 1. The van der Waals surface area contributed by atoms with E-state index in [1.807, 2.05) is 0 Å². The van der Waals surface area contributed by atoms with Crippen LogP contribution in [0.2, 0.25) is 0 Å². The summed E-state index contributed by atoms with van der Waals surface area (Å²) in [6.45, 7) is -0.196. The zero-order valence-corrected chi connectivity index (χ0v) is 8.33. The van der Waals surface area contributed by atoms with E-state index in [1.54, 1.807) is 9.39 Å². The lowest BCUT2D eigenvalue weighted by Gasteiger charge is -2.17. The molecule has 0 saturated carbocycles. The number of carbonyl (C=O) groups excluding carboxylic acids is 1. The van der Waals surface area contributed by atoms with E-state index < -0.39 is 12.1 Å². The molecule has 0 spiro atoms. The van der Waals surface area contributed by atoms with Crippen LogP contribution >= 0.6 is 9.39 Å². The lowest BCUT2D eigenvalue weighted by Crippen LogP contribution is -2.36. The first-order valence-electron chi connectivity index (χ1n) is 3.54. The Morgan fingerprint density at radius 1 is 1.57 bits per heavy atom. The second-order valence-corrected chi connectivity index (χ2v) is 2.88. The van der Waals surface area contributed by atoms with Crippen LogP contribution < -0.4 is 0 Å². The minimum Gasteiger partial charge on any atom is -0.367 e. The van der Waals surface area contributed by atoms with Crippen LogP contribution in [0.15, 0.2) is 0 Å². The first kappa shape index (κ1) is 13.2. The first-order valence-corrected chi connectivity index (χ1v) is 4.06. The van der Waals surface area contributed by atoms with Crippen LogP contribution in [-0.2, 0) is 9.53 Å². The molecule has 1 amide bonds. The lowest BCUT2D eigenvalue weighted by atomic mass is 10.5. The second-order valence-electron chi connectivity index (χ2n) is 2.25. The lowest BCUT2D eigenvalue weighted by molar-refractivity contribution is -0.180. The zero-order chi connectivity index (χ0) is 11.2. The molecule has 14 heavy (non-hydrogen) atoms. The summed E-state index contributed by atoms with van der Waals surface area (Å²) in [4.78, 5) is 10.5. The Hall–Kier alpha value is -0.790. The van der Waals surface area contributed by atoms with E-state index in [9.17, 15) is 18.0 Å². The van der Waals surface area contributed by atoms with Gasteiger partial charge in [0.15, 0.2) is 0 Å². The number of terminal acetylenes is 1. The minimum atomic E-state index is -4.85. The first-order chi connectivity index (χ1) is 6.39. The summed E-state index contributed by atoms with van der Waals surface area (Å²) in [5, 5.41) is 0. The third kappa shape index (κ3) is 5.05. The van der Waals surface area contributed by atoms with Crippen LogP contribution in [0.5, 0.6) is 0 Å². The van der Waals surface area contributed by atoms with Gasteiger partial charge in [-0.15, -0.1) is 6.42 Å². The fourth-order valence-corrected chi connectivity index (χ4v) is 0.810. The SMILES string of the molecule is C#CCOCCN(P)C(=O)C(F)(F)F. The molecule has 80 valence electrons. The second kappa shape index (κ2) is 5.84. The average Bonchev–Trinajstić information content (AvgIpc) is 2.09. The Morgan fingerprint density at radius 3 is 2.57 bits per heavy atom. The maximum absolute atomic E-state index is 11.8. The molecule has 0 aromatic heterocycles. The molecule has 0 N–H and O–H groups in total. The summed E-state index contributed by atoms with van der Waals surface area (Å²) in [6, 6.07) is 0. The van der Waals surface area contributed by atoms with E-state index in [0.717, 1.165) is 0 Å². The van der Waals surface area contributed by atoms with Gasteiger partial charge in [-0.05, 0) is 9.39 Å². The standard InChI is InChI=1S/C7H9F3NO2P/c1-2-4-13-5-3-11(14)6(12)7(8,9)10/h1H,3-5,14H2. The van der Waals surface area contributed by atoms with Crippen LogP contribution in [-0.4, -0.2) is 36.5 Å². The van der Waals surface area contributed by atoms with Crippen molar-refractivity contribution in [3.63, 3.8) is 0 Å². The van der Waals surface area contributed by atoms with Crippen LogP contribution in [0.4, 0.5) is 13.2 Å². The maximum atomic E-state index is 11.8. The molecule has 0 fully saturated rings. The maximum Gasteiger partial charge on any atom is 0.471 e. The molecular weight excluding hydrogens is 218 g/mol. The number of hydrogen-bond acceptors (Lipinski definition) is 2. The third-order valence-electron chi connectivity index (χ3n) is 1.17. The van der Waals surface area contributed by atoms with Crippen molar-refractivity contribution in [1.82, 2.24) is 4.67 Å². The normalized spacial score (nSPS) is 10.8. The molecule has 0 aliphatic rings. The van der Waals surface area contributed by atoms with E-state index in [1.165, 1.54) is 0 Å². The molecule has 0 aromatic carbocycles. The van der Waals surface area contributed by atoms with Crippen molar-refractivity contribution in [2.45, 2.75) is 6.18 Å². The fraction of sp³-hybridized carbons (Fsp3) is 0.571. The largest absolute Gasteiger partial charge is 0.471 e. The van der Waals surface area contributed by atoms with Crippen molar-refractivity contribution < 1.29 is 22.7 Å². The van der Waals surface area contributed by atoms with Gasteiger partial charge in [-0.3, -0.25) is 4.79 Å². The summed E-state index contributed by atoms with van der Waals surface area (Å²) in [6.07, 6.45) is -0.0196. The van der Waals surface area contributed by atoms with E-state index in [-0.39, 0.29) is 19.8 Å². The van der Waals surface area contributed by atoms with E-state index in [0.29, 0.717) is 4.67 Å². The number of carbonyl (C=O) groups is 1. The molecule has 1 unspecified atom stereocenters. The highest BCUT2D eigenvalue weighted by molar-refractivity contribution is 7.14. The molecule has 7 heteroatoms. The number of nitrogens with zero attached hydrogens (tertiary/aromatic N) is 1. The van der Waals surface area contributed by atoms with Gasteiger partial charge in [-0.1, -0.05) is 5.92 Å². The monoisotopic (exact) mass is 227 g/mol. The predicted molar refractivity (Wildman–Crippen MR) is 47.1 cm³/mol. The average molecular weight is 227 g/mol. The van der Waals surface area contributed by atoms with Crippen LogP contribution in [0.1, 0.15) is 0 Å². The Balaban J connectivity index is 3.81. The molecule has 1 atom stereocenters. The van der Waals surface area contributed by atoms with Gasteiger partial charge in [-0.2, -0.15) is 13.2 Å². The summed E-state index contributed by atoms with van der Waals surface area (Å²) < 4.78 is 40.6. The van der Waals surface area contributed by atoms with Crippen LogP contribution in [0.25, 0.3) is 0 Å². The molecule has 0 radical (unpaired) electrons. The van der Waals surface area contributed by atoms with Gasteiger partial charge in [-0.25, -0.2) is 0 Å². The van der Waals surface area contributed by atoms with E-state index in [4.69, 9.17) is 11.2 Å². The van der Waals surface area contributed by atoms with E-state index in [2.05, 4.69) is 5.92 Å². The summed E-state index contributed by atoms with van der Waals surface area (Å²) >= 11 is 0. The molecule has 0 saturated heterocycles. The molecule has 3 nitrogen and oxygen atoms in total. The number of hydrogen-bond donors (Lipinski definition) is 0. The van der Waals surface area contributed by atoms with Gasteiger partial charge in [0, 0.05) is 6.54 Å². The Kier molecular flexibility index (Phi) is 5.51. The van der Waals surface area contributed by atoms with Crippen LogP contribution in [0, 0.1) is 12.3 Å². The predicted octanol–water partition coefficient (Wildman–Crippen LogP) is 0.817. The van der Waals surface area contributed by atoms with E-state index >= 15 is 0 Å². The number of halogens is 3. The molecule has 0 aliphatic carbocycles. The molecule has 0 bridgehead atoms. The number of amides is 1. The van der Waals surface area contributed by atoms with Crippen molar-refractivity contribution in [1.29, 1.82) is 0 Å². The highest BCUT2D eigenvalue weighted by Gasteiger charge is 2.41. The summed E-state index contributed by atoms with van der Waals surface area (Å²) in [5.74, 6) is 0.222. The number of alkyl halides is 3. The summed E-state index contributed by atoms with van der Waals surface area (Å²) in [5.41, 5.74) is 0. The molecule has 0 heterocycles. The van der Waals surface area contributed by atoms with Gasteiger partial charge in [0.2, 0.25) is 0 Å². The highest BCUT2D eigenvalue weighted by atomic mass is 31.0. The van der Waals surface area contributed by atoms with Gasteiger partial charge < -0.3 is 9.41 Å². The topological polar surface area (TPSA) is 29.5 Å². The van der Waals surface area contributed by atoms with Crippen molar-refractivity contribution in [2.75, 3.05) is 19.8 Å². The van der Waals surface area contributed by atoms with Crippen LogP contribution in [0.3, 0.4) is 0 Å². The molecular formula is C7H9F3NO2P. The quantitative estimate of drug-likeness (QED) is 0.404. The van der Waals surface area contributed by atoms with Crippen molar-refractivity contribution in [3.05, 3.63) is 0 Å². The van der Waals surface area contributed by atoms with Crippen molar-refractivity contribution in [2.24, 2.45) is 0 Å². The van der Waals surface area contributed by atoms with Crippen molar-refractivity contribution in [3.8, 4) is 12.3 Å². The Morgan fingerprint density at radius 2 is 2.14 bits per heavy atom. The van der Waals surface area contributed by atoms with Gasteiger partial charge in [0.25, 0.3) is 0 Å². The number of rotatable bonds is 4. The Labute approximate surface area is 81.8 Å². The third-order valence-corrected chi connectivity index (χ3v) is 1.66. The highest BCUT2D eigenvalue weighted by Crippen LogP contribution is 2.20. The summed E-state index contributed by atoms with van der Waals surface area (Å²) in [7, 11) is 1.68. The smallest absolute Gasteiger partial charge is 0.367 e. The Bertz CT molecular complexity index is 236. The zero-order valence-electron chi connectivity index (χ0n) is 7.17. The van der Waals surface area contributed by atoms with Gasteiger partial charge in [0.1, 0.15) is 6.61 Å².